The van der Waals surface area contributed by atoms with E-state index in [1.165, 1.54) is 6.26 Å². The van der Waals surface area contributed by atoms with Crippen molar-refractivity contribution in [1.82, 2.24) is 5.32 Å². The van der Waals surface area contributed by atoms with Gasteiger partial charge in [-0.1, -0.05) is 24.6 Å². The predicted octanol–water partition coefficient (Wildman–Crippen LogP) is 2.72. The topological polar surface area (TPSA) is 77.5 Å². The molecule has 5 heteroatoms. The van der Waals surface area contributed by atoms with E-state index in [9.17, 15) is 4.79 Å². The maximum atomic E-state index is 12.5. The molecule has 2 atom stereocenters. The van der Waals surface area contributed by atoms with Crippen LogP contribution in [0.2, 0.25) is 0 Å². The molecule has 1 heterocycles. The molecule has 1 aromatic carbocycles. The molecule has 1 aliphatic rings. The molecule has 1 aromatic heterocycles. The Kier molecular flexibility index (Phi) is 4.98. The molecule has 122 valence electrons. The first-order valence-electron chi connectivity index (χ1n) is 8.03. The monoisotopic (exact) mass is 314 g/mol. The van der Waals surface area contributed by atoms with Crippen molar-refractivity contribution in [2.75, 3.05) is 6.54 Å². The van der Waals surface area contributed by atoms with Crippen LogP contribution in [0.15, 0.2) is 47.1 Å². The molecule has 23 heavy (non-hydrogen) atoms. The van der Waals surface area contributed by atoms with Gasteiger partial charge in [-0.25, -0.2) is 0 Å². The number of furan rings is 1. The number of ether oxygens (including phenoxy) is 1. The van der Waals surface area contributed by atoms with Crippen molar-refractivity contribution in [3.05, 3.63) is 54.0 Å². The lowest BCUT2D eigenvalue weighted by Crippen LogP contribution is -2.40. The molecule has 0 saturated heterocycles. The number of nitrogens with one attached hydrogen (secondary N) is 1. The third-order valence-corrected chi connectivity index (χ3v) is 4.37. The molecule has 0 radical (unpaired) electrons. The summed E-state index contributed by atoms with van der Waals surface area (Å²) in [5.41, 5.74) is 6.51. The van der Waals surface area contributed by atoms with Gasteiger partial charge in [0.05, 0.1) is 6.26 Å². The van der Waals surface area contributed by atoms with Crippen molar-refractivity contribution in [1.29, 1.82) is 0 Å². The number of amides is 1. The molecule has 1 saturated carbocycles. The lowest BCUT2D eigenvalue weighted by Gasteiger charge is -2.19. The van der Waals surface area contributed by atoms with E-state index in [1.54, 1.807) is 6.07 Å². The highest BCUT2D eigenvalue weighted by Crippen LogP contribution is 2.25. The fourth-order valence-electron chi connectivity index (χ4n) is 3.07. The molecular weight excluding hydrogens is 292 g/mol. The van der Waals surface area contributed by atoms with Crippen molar-refractivity contribution >= 4 is 5.91 Å². The summed E-state index contributed by atoms with van der Waals surface area (Å²) in [5, 5.41) is 3.05. The Morgan fingerprint density at radius 1 is 1.26 bits per heavy atom. The van der Waals surface area contributed by atoms with Crippen LogP contribution in [0.25, 0.3) is 0 Å². The highest BCUT2D eigenvalue weighted by molar-refractivity contribution is 5.93. The van der Waals surface area contributed by atoms with Gasteiger partial charge in [-0.2, -0.15) is 0 Å². The van der Waals surface area contributed by atoms with Gasteiger partial charge in [-0.3, -0.25) is 4.79 Å². The van der Waals surface area contributed by atoms with E-state index in [4.69, 9.17) is 14.9 Å². The predicted molar refractivity (Wildman–Crippen MR) is 87.1 cm³/mol. The van der Waals surface area contributed by atoms with Crippen LogP contribution >= 0.6 is 0 Å². The smallest absolute Gasteiger partial charge is 0.287 e. The maximum Gasteiger partial charge on any atom is 0.287 e. The van der Waals surface area contributed by atoms with E-state index in [0.29, 0.717) is 24.8 Å². The van der Waals surface area contributed by atoms with Gasteiger partial charge in [0.15, 0.2) is 5.76 Å². The van der Waals surface area contributed by atoms with Crippen LogP contribution in [-0.4, -0.2) is 18.5 Å². The highest BCUT2D eigenvalue weighted by atomic mass is 16.5. The third-order valence-electron chi connectivity index (χ3n) is 4.37. The van der Waals surface area contributed by atoms with Crippen LogP contribution in [0.3, 0.4) is 0 Å². The van der Waals surface area contributed by atoms with E-state index in [2.05, 4.69) is 5.32 Å². The number of rotatable bonds is 6. The number of benzene rings is 1. The van der Waals surface area contributed by atoms with Gasteiger partial charge < -0.3 is 20.2 Å². The molecule has 2 aromatic rings. The molecule has 0 aliphatic heterocycles. The Hall–Kier alpha value is -2.27. The second kappa shape index (κ2) is 7.33. The van der Waals surface area contributed by atoms with E-state index in [1.807, 2.05) is 30.3 Å². The Morgan fingerprint density at radius 2 is 2.09 bits per heavy atom. The van der Waals surface area contributed by atoms with E-state index < -0.39 is 0 Å². The molecule has 1 aliphatic carbocycles. The van der Waals surface area contributed by atoms with Crippen molar-refractivity contribution in [2.45, 2.75) is 31.9 Å². The van der Waals surface area contributed by atoms with Crippen molar-refractivity contribution in [2.24, 2.45) is 11.7 Å². The first-order chi connectivity index (χ1) is 11.3. The van der Waals surface area contributed by atoms with Gasteiger partial charge >= 0.3 is 0 Å². The zero-order chi connectivity index (χ0) is 16.1. The number of carbonyl (C=O) groups is 1. The molecule has 1 fully saturated rings. The minimum absolute atomic E-state index is 0.139. The summed E-state index contributed by atoms with van der Waals surface area (Å²) in [6.45, 7) is 0.904. The molecule has 3 rings (SSSR count). The summed E-state index contributed by atoms with van der Waals surface area (Å²) < 4.78 is 11.1. The molecular formula is C18H22N2O3. The van der Waals surface area contributed by atoms with Gasteiger partial charge in [-0.15, -0.1) is 0 Å². The summed E-state index contributed by atoms with van der Waals surface area (Å²) >= 11 is 0. The minimum atomic E-state index is -0.188. The van der Waals surface area contributed by atoms with Crippen molar-refractivity contribution < 1.29 is 13.9 Å². The van der Waals surface area contributed by atoms with Crippen LogP contribution in [0.5, 0.6) is 5.75 Å². The van der Waals surface area contributed by atoms with Crippen LogP contribution in [0, 0.1) is 5.92 Å². The first kappa shape index (κ1) is 15.6. The Balaban J connectivity index is 1.62. The standard InChI is InChI=1S/C18H22N2O3/c19-11-13-5-4-8-16(13)20-18(21)17-14(9-10-22-17)12-23-15-6-2-1-3-7-15/h1-3,6-7,9-10,13,16H,4-5,8,11-12,19H2,(H,20,21). The van der Waals surface area contributed by atoms with Gasteiger partial charge in [0.25, 0.3) is 5.91 Å². The number of para-hydroxylation sites is 1. The van der Waals surface area contributed by atoms with Crippen LogP contribution in [0.1, 0.15) is 35.4 Å². The van der Waals surface area contributed by atoms with Gasteiger partial charge in [0.2, 0.25) is 0 Å². The molecule has 2 unspecified atom stereocenters. The van der Waals surface area contributed by atoms with Crippen molar-refractivity contribution in [3.8, 4) is 5.75 Å². The SMILES string of the molecule is NCC1CCCC1NC(=O)c1occc1COc1ccccc1. The summed E-state index contributed by atoms with van der Waals surface area (Å²) in [6.07, 6.45) is 4.68. The average Bonchev–Trinajstić information content (AvgIpc) is 3.22. The lowest BCUT2D eigenvalue weighted by molar-refractivity contribution is 0.0897. The normalized spacial score (nSPS) is 20.4. The summed E-state index contributed by atoms with van der Waals surface area (Å²) in [6, 6.07) is 11.4. The van der Waals surface area contributed by atoms with E-state index in [0.717, 1.165) is 30.6 Å². The van der Waals surface area contributed by atoms with Crippen LogP contribution in [-0.2, 0) is 6.61 Å². The Labute approximate surface area is 135 Å². The van der Waals surface area contributed by atoms with Gasteiger partial charge in [0, 0.05) is 11.6 Å². The third kappa shape index (κ3) is 3.74. The largest absolute Gasteiger partial charge is 0.489 e. The summed E-state index contributed by atoms with van der Waals surface area (Å²) in [5.74, 6) is 1.26. The van der Waals surface area contributed by atoms with Gasteiger partial charge in [0.1, 0.15) is 12.4 Å². The number of carbonyl (C=O) groups excluding carboxylic acids is 1. The second-order valence-electron chi connectivity index (χ2n) is 5.88. The minimum Gasteiger partial charge on any atom is -0.489 e. The molecule has 0 spiro atoms. The fraction of sp³-hybridized carbons (Fsp3) is 0.389. The Bertz CT molecular complexity index is 639. The number of nitrogens with two attached hydrogens (primary N) is 1. The quantitative estimate of drug-likeness (QED) is 0.859. The van der Waals surface area contributed by atoms with E-state index in [-0.39, 0.29) is 11.9 Å². The first-order valence-corrected chi connectivity index (χ1v) is 8.03. The van der Waals surface area contributed by atoms with Crippen LogP contribution < -0.4 is 15.8 Å². The number of hydrogen-bond acceptors (Lipinski definition) is 4. The second-order valence-corrected chi connectivity index (χ2v) is 5.88. The summed E-state index contributed by atoms with van der Waals surface area (Å²) in [4.78, 5) is 12.5. The Morgan fingerprint density at radius 3 is 2.87 bits per heavy atom. The zero-order valence-electron chi connectivity index (χ0n) is 13.0. The maximum absolute atomic E-state index is 12.5. The molecule has 5 nitrogen and oxygen atoms in total. The molecule has 0 bridgehead atoms. The molecule has 3 N–H and O–H groups in total. The highest BCUT2D eigenvalue weighted by Gasteiger charge is 2.29. The van der Waals surface area contributed by atoms with Crippen molar-refractivity contribution in [3.63, 3.8) is 0 Å². The average molecular weight is 314 g/mol. The fourth-order valence-corrected chi connectivity index (χ4v) is 3.07. The zero-order valence-corrected chi connectivity index (χ0v) is 13.0. The van der Waals surface area contributed by atoms with Crippen LogP contribution in [0.4, 0.5) is 0 Å². The lowest BCUT2D eigenvalue weighted by atomic mass is 10.0. The van der Waals surface area contributed by atoms with E-state index >= 15 is 0 Å². The summed E-state index contributed by atoms with van der Waals surface area (Å²) in [7, 11) is 0. The number of hydrogen-bond donors (Lipinski definition) is 2. The van der Waals surface area contributed by atoms with Gasteiger partial charge in [-0.05, 0) is 43.5 Å². The molecule has 1 amide bonds.